The van der Waals surface area contributed by atoms with E-state index in [0.29, 0.717) is 13.1 Å². The lowest BCUT2D eigenvalue weighted by Gasteiger charge is -2.25. The Hall–Kier alpha value is -0.0800. The lowest BCUT2D eigenvalue weighted by Crippen LogP contribution is -2.34. The van der Waals surface area contributed by atoms with Gasteiger partial charge in [0.25, 0.3) is 0 Å². The van der Waals surface area contributed by atoms with Crippen LogP contribution in [0.25, 0.3) is 0 Å². The van der Waals surface area contributed by atoms with Gasteiger partial charge in [-0.25, -0.2) is 0 Å². The lowest BCUT2D eigenvalue weighted by atomic mass is 9.85. The van der Waals surface area contributed by atoms with Crippen molar-refractivity contribution in [1.82, 2.24) is 0 Å². The van der Waals surface area contributed by atoms with Gasteiger partial charge in [-0.2, -0.15) is 0 Å². The maximum absolute atomic E-state index is 5.58. The molecule has 0 aliphatic heterocycles. The molecule has 0 aromatic heterocycles. The molecule has 4 N–H and O–H groups in total. The second kappa shape index (κ2) is 4.69. The van der Waals surface area contributed by atoms with Crippen LogP contribution in [0.4, 0.5) is 0 Å². The van der Waals surface area contributed by atoms with Gasteiger partial charge < -0.3 is 11.5 Å². The fourth-order valence-corrected chi connectivity index (χ4v) is 0.891. The van der Waals surface area contributed by atoms with Gasteiger partial charge in [-0.3, -0.25) is 0 Å². The average molecular weight is 144 g/mol. The normalized spacial score (nSPS) is 12.0. The molecular weight excluding hydrogens is 124 g/mol. The van der Waals surface area contributed by atoms with E-state index in [1.165, 1.54) is 12.8 Å². The minimum absolute atomic E-state index is 0.190. The highest BCUT2D eigenvalue weighted by Gasteiger charge is 2.18. The molecule has 62 valence electrons. The molecule has 0 unspecified atom stereocenters. The van der Waals surface area contributed by atoms with Gasteiger partial charge in [0.05, 0.1) is 0 Å². The Morgan fingerprint density at radius 1 is 1.20 bits per heavy atom. The van der Waals surface area contributed by atoms with Gasteiger partial charge in [0, 0.05) is 0 Å². The highest BCUT2D eigenvalue weighted by Crippen LogP contribution is 2.20. The topological polar surface area (TPSA) is 52.0 Å². The maximum Gasteiger partial charge on any atom is -0.00111 e. The highest BCUT2D eigenvalue weighted by molar-refractivity contribution is 4.75. The number of hydrogen-bond acceptors (Lipinski definition) is 2. The summed E-state index contributed by atoms with van der Waals surface area (Å²) < 4.78 is 0. The first kappa shape index (κ1) is 9.92. The molecule has 0 aromatic rings. The summed E-state index contributed by atoms with van der Waals surface area (Å²) in [5.41, 5.74) is 11.3. The number of rotatable bonds is 5. The van der Waals surface area contributed by atoms with E-state index >= 15 is 0 Å². The van der Waals surface area contributed by atoms with E-state index < -0.39 is 0 Å². The third kappa shape index (κ3) is 3.18. The van der Waals surface area contributed by atoms with E-state index in [0.717, 1.165) is 6.42 Å². The van der Waals surface area contributed by atoms with Gasteiger partial charge >= 0.3 is 0 Å². The molecule has 0 radical (unpaired) electrons. The Labute approximate surface area is 64.0 Å². The van der Waals surface area contributed by atoms with Crippen molar-refractivity contribution in [1.29, 1.82) is 0 Å². The minimum atomic E-state index is 0.190. The molecule has 0 saturated heterocycles. The molecule has 2 heteroatoms. The minimum Gasteiger partial charge on any atom is -0.330 e. The Balaban J connectivity index is 3.58. The van der Waals surface area contributed by atoms with Crippen LogP contribution in [0.5, 0.6) is 0 Å². The van der Waals surface area contributed by atoms with Crippen LogP contribution in [0.3, 0.4) is 0 Å². The zero-order chi connectivity index (χ0) is 8.04. The van der Waals surface area contributed by atoms with Crippen molar-refractivity contribution in [2.75, 3.05) is 13.1 Å². The summed E-state index contributed by atoms with van der Waals surface area (Å²) in [4.78, 5) is 0. The summed E-state index contributed by atoms with van der Waals surface area (Å²) in [7, 11) is 0. The average Bonchev–Trinajstić information content (AvgIpc) is 2.00. The summed E-state index contributed by atoms with van der Waals surface area (Å²) in [5.74, 6) is 0. The third-order valence-electron chi connectivity index (χ3n) is 2.12. The molecule has 0 aliphatic carbocycles. The molecule has 2 nitrogen and oxygen atoms in total. The molecule has 0 aromatic carbocycles. The van der Waals surface area contributed by atoms with Crippen LogP contribution in [-0.4, -0.2) is 13.1 Å². The van der Waals surface area contributed by atoms with Crippen molar-refractivity contribution < 1.29 is 0 Å². The lowest BCUT2D eigenvalue weighted by molar-refractivity contribution is 0.310. The van der Waals surface area contributed by atoms with Gasteiger partial charge in [-0.15, -0.1) is 0 Å². The molecule has 0 saturated carbocycles. The Morgan fingerprint density at radius 3 is 2.00 bits per heavy atom. The smallest absolute Gasteiger partial charge is 0.00111 e. The van der Waals surface area contributed by atoms with Gasteiger partial charge in [-0.1, -0.05) is 26.7 Å². The van der Waals surface area contributed by atoms with E-state index in [9.17, 15) is 0 Å². The quantitative estimate of drug-likeness (QED) is 0.607. The van der Waals surface area contributed by atoms with Crippen molar-refractivity contribution >= 4 is 0 Å². The summed E-state index contributed by atoms with van der Waals surface area (Å²) >= 11 is 0. The number of hydrogen-bond donors (Lipinski definition) is 2. The molecule has 0 amide bonds. The largest absolute Gasteiger partial charge is 0.330 e. The van der Waals surface area contributed by atoms with Crippen LogP contribution < -0.4 is 11.5 Å². The molecule has 10 heavy (non-hydrogen) atoms. The monoisotopic (exact) mass is 144 g/mol. The van der Waals surface area contributed by atoms with E-state index in [-0.39, 0.29) is 5.41 Å². The van der Waals surface area contributed by atoms with Gasteiger partial charge in [0.2, 0.25) is 0 Å². The molecule has 0 atom stereocenters. The third-order valence-corrected chi connectivity index (χ3v) is 2.12. The second-order valence-electron chi connectivity index (χ2n) is 3.32. The summed E-state index contributed by atoms with van der Waals surface area (Å²) in [5, 5.41) is 0. The summed E-state index contributed by atoms with van der Waals surface area (Å²) in [6.45, 7) is 5.77. The van der Waals surface area contributed by atoms with Crippen molar-refractivity contribution in [3.8, 4) is 0 Å². The highest BCUT2D eigenvalue weighted by atomic mass is 14.7. The second-order valence-corrected chi connectivity index (χ2v) is 3.32. The van der Waals surface area contributed by atoms with Crippen LogP contribution >= 0.6 is 0 Å². The number of nitrogens with two attached hydrogens (primary N) is 2. The molecule has 0 bridgehead atoms. The van der Waals surface area contributed by atoms with Gasteiger partial charge in [-0.05, 0) is 24.9 Å². The van der Waals surface area contributed by atoms with Crippen LogP contribution in [0, 0.1) is 5.41 Å². The number of unbranched alkanes of at least 4 members (excludes halogenated alkanes) is 1. The maximum atomic E-state index is 5.58. The standard InChI is InChI=1S/C8H20N2/c1-3-4-5-8(2,6-9)7-10/h3-7,9-10H2,1-2H3. The predicted molar refractivity (Wildman–Crippen MR) is 45.7 cm³/mol. The molecule has 0 heterocycles. The fraction of sp³-hybridized carbons (Fsp3) is 1.00. The molecule has 0 fully saturated rings. The molecule has 0 aliphatic rings. The van der Waals surface area contributed by atoms with Crippen LogP contribution in [0.1, 0.15) is 33.1 Å². The Kier molecular flexibility index (Phi) is 4.65. The first-order chi connectivity index (χ1) is 4.68. The fourth-order valence-electron chi connectivity index (χ4n) is 0.891. The predicted octanol–water partition coefficient (Wildman–Crippen LogP) is 1.10. The van der Waals surface area contributed by atoms with Gasteiger partial charge in [0.15, 0.2) is 0 Å². The van der Waals surface area contributed by atoms with Crippen molar-refractivity contribution in [3.05, 3.63) is 0 Å². The van der Waals surface area contributed by atoms with Crippen LogP contribution in [-0.2, 0) is 0 Å². The molecule has 0 spiro atoms. The SMILES string of the molecule is CCCCC(C)(CN)CN. The Morgan fingerprint density at radius 2 is 1.70 bits per heavy atom. The van der Waals surface area contributed by atoms with Crippen molar-refractivity contribution in [3.63, 3.8) is 0 Å². The van der Waals surface area contributed by atoms with Crippen LogP contribution in [0.15, 0.2) is 0 Å². The zero-order valence-electron chi connectivity index (χ0n) is 7.19. The van der Waals surface area contributed by atoms with E-state index in [1.807, 2.05) is 0 Å². The molecular formula is C8H20N2. The summed E-state index contributed by atoms with van der Waals surface area (Å²) in [6, 6.07) is 0. The van der Waals surface area contributed by atoms with Crippen molar-refractivity contribution in [2.24, 2.45) is 16.9 Å². The van der Waals surface area contributed by atoms with Crippen molar-refractivity contribution in [2.45, 2.75) is 33.1 Å². The first-order valence-corrected chi connectivity index (χ1v) is 4.08. The van der Waals surface area contributed by atoms with E-state index in [4.69, 9.17) is 11.5 Å². The van der Waals surface area contributed by atoms with Gasteiger partial charge in [0.1, 0.15) is 0 Å². The van der Waals surface area contributed by atoms with E-state index in [1.54, 1.807) is 0 Å². The first-order valence-electron chi connectivity index (χ1n) is 4.08. The Bertz CT molecular complexity index is 77.3. The molecule has 0 rings (SSSR count). The summed E-state index contributed by atoms with van der Waals surface area (Å²) in [6.07, 6.45) is 3.64. The zero-order valence-corrected chi connectivity index (χ0v) is 7.19. The van der Waals surface area contributed by atoms with Crippen LogP contribution in [0.2, 0.25) is 0 Å². The van der Waals surface area contributed by atoms with E-state index in [2.05, 4.69) is 13.8 Å².